The average Bonchev–Trinajstić information content (AvgIpc) is 3.01. The Morgan fingerprint density at radius 1 is 1.41 bits per heavy atom. The lowest BCUT2D eigenvalue weighted by molar-refractivity contribution is -0.274. The second-order valence-electron chi connectivity index (χ2n) is 7.01. The lowest BCUT2D eigenvalue weighted by Crippen LogP contribution is -2.53. The number of ketones is 1. The van der Waals surface area contributed by atoms with Gasteiger partial charge < -0.3 is 20.5 Å². The molecule has 0 spiro atoms. The van der Waals surface area contributed by atoms with E-state index >= 15 is 0 Å². The van der Waals surface area contributed by atoms with E-state index in [1.807, 2.05) is 0 Å². The van der Waals surface area contributed by atoms with Crippen LogP contribution in [0.3, 0.4) is 0 Å². The Kier molecular flexibility index (Phi) is 5.87. The first-order valence-corrected chi connectivity index (χ1v) is 9.84. The quantitative estimate of drug-likeness (QED) is 0.627. The molecule has 1 aromatic carbocycles. The van der Waals surface area contributed by atoms with Crippen LogP contribution >= 0.6 is 11.3 Å². The van der Waals surface area contributed by atoms with E-state index in [2.05, 4.69) is 20.4 Å². The molecule has 1 saturated carbocycles. The Morgan fingerprint density at radius 2 is 2.17 bits per heavy atom. The molecule has 158 valence electrons. The molecule has 0 saturated heterocycles. The van der Waals surface area contributed by atoms with Crippen LogP contribution in [-0.4, -0.2) is 40.9 Å². The van der Waals surface area contributed by atoms with Crippen molar-refractivity contribution in [1.29, 1.82) is 0 Å². The minimum atomic E-state index is -4.78. The summed E-state index contributed by atoms with van der Waals surface area (Å²) in [6, 6.07) is 3.44. The highest BCUT2D eigenvalue weighted by atomic mass is 32.1. The number of anilines is 1. The number of hydrogen-bond donors (Lipinski definition) is 3. The number of aromatic nitrogens is 1. The van der Waals surface area contributed by atoms with Crippen molar-refractivity contribution in [1.82, 2.24) is 10.3 Å². The minimum Gasteiger partial charge on any atom is -0.465 e. The van der Waals surface area contributed by atoms with Crippen LogP contribution in [0.5, 0.6) is 5.75 Å². The number of ether oxygens (including phenoxy) is 1. The summed E-state index contributed by atoms with van der Waals surface area (Å²) in [5.41, 5.74) is -0.411. The van der Waals surface area contributed by atoms with Gasteiger partial charge in [-0.2, -0.15) is 0 Å². The predicted molar refractivity (Wildman–Crippen MR) is 101 cm³/mol. The van der Waals surface area contributed by atoms with Crippen LogP contribution in [0.1, 0.15) is 32.6 Å². The molecule has 1 aliphatic carbocycles. The summed E-state index contributed by atoms with van der Waals surface area (Å²) in [7, 11) is 0. The number of carboxylic acid groups (broad SMARTS) is 1. The molecule has 3 rings (SSSR count). The van der Waals surface area contributed by atoms with Crippen LogP contribution < -0.4 is 15.4 Å². The molecule has 7 nitrogen and oxygen atoms in total. The number of Topliss-reactive ketones (excluding diaryl/α,β-unsaturated/α-hetero) is 1. The van der Waals surface area contributed by atoms with E-state index in [0.29, 0.717) is 28.2 Å². The molecule has 1 heterocycles. The number of carbonyl (C=O) groups is 2. The monoisotopic (exact) mass is 431 g/mol. The van der Waals surface area contributed by atoms with Gasteiger partial charge in [-0.1, -0.05) is 17.8 Å². The van der Waals surface area contributed by atoms with Crippen LogP contribution in [0.25, 0.3) is 10.2 Å². The molecule has 0 bridgehead atoms. The molecule has 0 radical (unpaired) electrons. The molecule has 1 fully saturated rings. The SMILES string of the molecule is CC(Nc1nc2ccc(OC(F)(F)F)cc2s1)C1(CNC(=O)O)CCCCC1=O. The van der Waals surface area contributed by atoms with Crippen LogP contribution in [-0.2, 0) is 4.79 Å². The van der Waals surface area contributed by atoms with E-state index in [9.17, 15) is 22.8 Å². The summed E-state index contributed by atoms with van der Waals surface area (Å²) in [4.78, 5) is 28.0. The molecule has 11 heteroatoms. The van der Waals surface area contributed by atoms with Crippen molar-refractivity contribution in [3.05, 3.63) is 18.2 Å². The molecule has 2 atom stereocenters. The number of thiazole rings is 1. The number of nitrogens with one attached hydrogen (secondary N) is 2. The topological polar surface area (TPSA) is 101 Å². The number of halogens is 3. The van der Waals surface area contributed by atoms with Gasteiger partial charge in [0.05, 0.1) is 15.6 Å². The van der Waals surface area contributed by atoms with Crippen molar-refractivity contribution >= 4 is 38.6 Å². The molecule has 1 aliphatic rings. The van der Waals surface area contributed by atoms with Gasteiger partial charge in [0.15, 0.2) is 5.13 Å². The zero-order valence-corrected chi connectivity index (χ0v) is 16.3. The van der Waals surface area contributed by atoms with Gasteiger partial charge in [0.2, 0.25) is 0 Å². The maximum absolute atomic E-state index is 12.7. The van der Waals surface area contributed by atoms with Crippen molar-refractivity contribution in [2.24, 2.45) is 5.41 Å². The van der Waals surface area contributed by atoms with Gasteiger partial charge in [0, 0.05) is 25.1 Å². The fraction of sp³-hybridized carbons (Fsp3) is 0.500. The number of rotatable bonds is 6. The van der Waals surface area contributed by atoms with Gasteiger partial charge >= 0.3 is 12.5 Å². The predicted octanol–water partition coefficient (Wildman–Crippen LogP) is 4.39. The van der Waals surface area contributed by atoms with E-state index in [1.165, 1.54) is 18.2 Å². The van der Waals surface area contributed by atoms with Crippen molar-refractivity contribution in [2.75, 3.05) is 11.9 Å². The summed E-state index contributed by atoms with van der Waals surface area (Å²) in [6.07, 6.45) is -3.49. The van der Waals surface area contributed by atoms with E-state index in [-0.39, 0.29) is 18.1 Å². The third-order valence-electron chi connectivity index (χ3n) is 5.15. The van der Waals surface area contributed by atoms with Crippen LogP contribution in [0.15, 0.2) is 18.2 Å². The summed E-state index contributed by atoms with van der Waals surface area (Å²) in [6.45, 7) is 1.78. The molecular weight excluding hydrogens is 411 g/mol. The summed E-state index contributed by atoms with van der Waals surface area (Å²) >= 11 is 1.14. The number of hydrogen-bond acceptors (Lipinski definition) is 6. The summed E-state index contributed by atoms with van der Waals surface area (Å²) in [5, 5.41) is 14.9. The highest BCUT2D eigenvalue weighted by Crippen LogP contribution is 2.39. The molecule has 2 unspecified atom stereocenters. The lowest BCUT2D eigenvalue weighted by atomic mass is 9.68. The highest BCUT2D eigenvalue weighted by Gasteiger charge is 2.45. The molecule has 29 heavy (non-hydrogen) atoms. The fourth-order valence-electron chi connectivity index (χ4n) is 3.63. The molecular formula is C18H20F3N3O4S. The standard InChI is InChI=1S/C18H20F3N3O4S/c1-10(17(9-22-16(26)27)7-3-2-4-14(17)25)23-15-24-12-6-5-11(8-13(12)29-15)28-18(19,20)21/h5-6,8,10,22H,2-4,7,9H2,1H3,(H,23,24)(H,26,27). The van der Waals surface area contributed by atoms with E-state index in [0.717, 1.165) is 24.2 Å². The number of fused-ring (bicyclic) bond motifs is 1. The minimum absolute atomic E-state index is 0.0101. The van der Waals surface area contributed by atoms with Gasteiger partial charge in [0.25, 0.3) is 0 Å². The Bertz CT molecular complexity index is 917. The van der Waals surface area contributed by atoms with Gasteiger partial charge in [-0.05, 0) is 31.9 Å². The first-order valence-electron chi connectivity index (χ1n) is 9.02. The Morgan fingerprint density at radius 3 is 2.83 bits per heavy atom. The molecule has 2 aromatic rings. The smallest absolute Gasteiger partial charge is 0.465 e. The second kappa shape index (κ2) is 8.05. The number of benzene rings is 1. The van der Waals surface area contributed by atoms with Crippen molar-refractivity contribution in [3.8, 4) is 5.75 Å². The Labute approximate surface area is 168 Å². The highest BCUT2D eigenvalue weighted by molar-refractivity contribution is 7.22. The molecule has 3 N–H and O–H groups in total. The maximum atomic E-state index is 12.7. The zero-order valence-electron chi connectivity index (χ0n) is 15.5. The first kappa shape index (κ1) is 21.2. The third kappa shape index (κ3) is 4.89. The zero-order chi connectivity index (χ0) is 21.2. The van der Waals surface area contributed by atoms with E-state index in [4.69, 9.17) is 5.11 Å². The molecule has 0 aliphatic heterocycles. The van der Waals surface area contributed by atoms with Crippen molar-refractivity contribution in [2.45, 2.75) is 45.0 Å². The Hall–Kier alpha value is -2.56. The third-order valence-corrected chi connectivity index (χ3v) is 6.10. The lowest BCUT2D eigenvalue weighted by Gasteiger charge is -2.40. The van der Waals surface area contributed by atoms with Gasteiger partial charge in [0.1, 0.15) is 11.5 Å². The van der Waals surface area contributed by atoms with Crippen molar-refractivity contribution in [3.63, 3.8) is 0 Å². The van der Waals surface area contributed by atoms with Gasteiger partial charge in [-0.3, -0.25) is 4.79 Å². The normalized spacial score (nSPS) is 21.0. The molecule has 1 amide bonds. The fourth-order valence-corrected chi connectivity index (χ4v) is 4.61. The summed E-state index contributed by atoms with van der Waals surface area (Å²) < 4.78 is 41.6. The van der Waals surface area contributed by atoms with Gasteiger partial charge in [-0.25, -0.2) is 9.78 Å². The largest absolute Gasteiger partial charge is 0.573 e. The number of nitrogens with zero attached hydrogens (tertiary/aromatic N) is 1. The average molecular weight is 431 g/mol. The second-order valence-corrected chi connectivity index (χ2v) is 8.04. The summed E-state index contributed by atoms with van der Waals surface area (Å²) in [5.74, 6) is -0.350. The number of carbonyl (C=O) groups excluding carboxylic acids is 1. The first-order chi connectivity index (χ1) is 13.6. The number of alkyl halides is 3. The van der Waals surface area contributed by atoms with Gasteiger partial charge in [-0.15, -0.1) is 13.2 Å². The van der Waals surface area contributed by atoms with Crippen LogP contribution in [0, 0.1) is 5.41 Å². The Balaban J connectivity index is 1.81. The van der Waals surface area contributed by atoms with E-state index < -0.39 is 23.9 Å². The van der Waals surface area contributed by atoms with Crippen LogP contribution in [0.4, 0.5) is 23.1 Å². The van der Waals surface area contributed by atoms with E-state index in [1.54, 1.807) is 6.92 Å². The van der Waals surface area contributed by atoms with Crippen LogP contribution in [0.2, 0.25) is 0 Å². The number of amides is 1. The molecule has 1 aromatic heterocycles. The maximum Gasteiger partial charge on any atom is 0.573 e. The van der Waals surface area contributed by atoms with Crippen molar-refractivity contribution < 1.29 is 32.6 Å².